The van der Waals surface area contributed by atoms with E-state index in [0.29, 0.717) is 0 Å². The van der Waals surface area contributed by atoms with Crippen LogP contribution in [-0.2, 0) is 11.3 Å². The second kappa shape index (κ2) is 7.59. The molecule has 1 heterocycles. The average Bonchev–Trinajstić information content (AvgIpc) is 2.86. The van der Waals surface area contributed by atoms with Crippen molar-refractivity contribution in [2.75, 3.05) is 5.32 Å². The maximum absolute atomic E-state index is 11.2. The second-order valence-electron chi connectivity index (χ2n) is 4.84. The Morgan fingerprint density at radius 2 is 2.19 bits per heavy atom. The molecule has 1 unspecified atom stereocenters. The number of carbonyl (C=O) groups excluding carboxylic acids is 1. The third-order valence-electron chi connectivity index (χ3n) is 3.22. The first-order valence-electron chi connectivity index (χ1n) is 6.93. The Hall–Kier alpha value is -1.36. The molecule has 5 heteroatoms. The minimum absolute atomic E-state index is 0.0449. The number of benzene rings is 1. The van der Waals surface area contributed by atoms with Gasteiger partial charge in [-0.15, -0.1) is 11.3 Å². The fourth-order valence-corrected chi connectivity index (χ4v) is 3.20. The van der Waals surface area contributed by atoms with Gasteiger partial charge in [-0.3, -0.25) is 4.79 Å². The van der Waals surface area contributed by atoms with Gasteiger partial charge in [0.1, 0.15) is 0 Å². The maximum Gasteiger partial charge on any atom is 0.221 e. The van der Waals surface area contributed by atoms with Crippen LogP contribution in [0.15, 0.2) is 35.7 Å². The first-order chi connectivity index (χ1) is 10.1. The molecule has 0 spiro atoms. The Morgan fingerprint density at radius 1 is 1.38 bits per heavy atom. The molecule has 3 nitrogen and oxygen atoms in total. The van der Waals surface area contributed by atoms with E-state index in [4.69, 9.17) is 11.6 Å². The molecule has 2 rings (SSSR count). The van der Waals surface area contributed by atoms with E-state index in [9.17, 15) is 4.79 Å². The van der Waals surface area contributed by atoms with Crippen molar-refractivity contribution < 1.29 is 4.79 Å². The van der Waals surface area contributed by atoms with Crippen molar-refractivity contribution in [2.45, 2.75) is 32.9 Å². The fourth-order valence-electron chi connectivity index (χ4n) is 2.22. The van der Waals surface area contributed by atoms with Crippen LogP contribution in [0.25, 0.3) is 0 Å². The lowest BCUT2D eigenvalue weighted by molar-refractivity contribution is -0.114. The van der Waals surface area contributed by atoms with E-state index in [0.717, 1.165) is 28.6 Å². The fraction of sp³-hybridized carbons (Fsp3) is 0.312. The number of nitrogens with one attached hydrogen (secondary N) is 2. The maximum atomic E-state index is 11.2. The number of carbonyl (C=O) groups is 1. The number of halogens is 1. The van der Waals surface area contributed by atoms with Gasteiger partial charge in [-0.25, -0.2) is 0 Å². The summed E-state index contributed by atoms with van der Waals surface area (Å²) in [6.45, 7) is 4.38. The molecule has 21 heavy (non-hydrogen) atoms. The highest BCUT2D eigenvalue weighted by molar-refractivity contribution is 7.10. The summed E-state index contributed by atoms with van der Waals surface area (Å²) in [7, 11) is 0. The van der Waals surface area contributed by atoms with Gasteiger partial charge in [-0.2, -0.15) is 0 Å². The number of hydrogen-bond acceptors (Lipinski definition) is 3. The monoisotopic (exact) mass is 322 g/mol. The van der Waals surface area contributed by atoms with E-state index < -0.39 is 0 Å². The minimum Gasteiger partial charge on any atom is -0.325 e. The van der Waals surface area contributed by atoms with Gasteiger partial charge in [0.05, 0.1) is 5.69 Å². The molecule has 1 amide bonds. The third kappa shape index (κ3) is 4.56. The standard InChI is InChI=1S/C16H19ClN2OS/c1-3-14(12-5-4-6-13(17)9-12)18-10-16-15(7-8-21-16)19-11(2)20/h4-9,14,18H,3,10H2,1-2H3,(H,19,20). The summed E-state index contributed by atoms with van der Waals surface area (Å²) < 4.78 is 0. The van der Waals surface area contributed by atoms with E-state index in [2.05, 4.69) is 23.6 Å². The summed E-state index contributed by atoms with van der Waals surface area (Å²) >= 11 is 7.69. The topological polar surface area (TPSA) is 41.1 Å². The van der Waals surface area contributed by atoms with Gasteiger partial charge < -0.3 is 10.6 Å². The van der Waals surface area contributed by atoms with Crippen LogP contribution in [0.3, 0.4) is 0 Å². The lowest BCUT2D eigenvalue weighted by Gasteiger charge is -2.18. The van der Waals surface area contributed by atoms with Crippen molar-refractivity contribution in [1.82, 2.24) is 5.32 Å². The zero-order valence-electron chi connectivity index (χ0n) is 12.2. The predicted octanol–water partition coefficient (Wildman–Crippen LogP) is 4.60. The number of amides is 1. The Balaban J connectivity index is 2.04. The van der Waals surface area contributed by atoms with Crippen molar-refractivity contribution in [3.05, 3.63) is 51.2 Å². The molecule has 0 fully saturated rings. The first kappa shape index (κ1) is 16.0. The van der Waals surface area contributed by atoms with E-state index in [-0.39, 0.29) is 11.9 Å². The van der Waals surface area contributed by atoms with Gasteiger partial charge in [0.2, 0.25) is 5.91 Å². The zero-order valence-corrected chi connectivity index (χ0v) is 13.7. The molecular formula is C16H19ClN2OS. The summed E-state index contributed by atoms with van der Waals surface area (Å²) in [5.74, 6) is -0.0449. The first-order valence-corrected chi connectivity index (χ1v) is 8.18. The minimum atomic E-state index is -0.0449. The summed E-state index contributed by atoms with van der Waals surface area (Å²) in [6.07, 6.45) is 0.973. The highest BCUT2D eigenvalue weighted by Crippen LogP contribution is 2.25. The van der Waals surface area contributed by atoms with Crippen LogP contribution in [0.4, 0.5) is 5.69 Å². The number of anilines is 1. The molecule has 0 aliphatic heterocycles. The highest BCUT2D eigenvalue weighted by Gasteiger charge is 2.11. The SMILES string of the molecule is CCC(NCc1sccc1NC(C)=O)c1cccc(Cl)c1. The Morgan fingerprint density at radius 3 is 2.86 bits per heavy atom. The molecule has 2 aromatic rings. The van der Waals surface area contributed by atoms with Crippen molar-refractivity contribution in [3.8, 4) is 0 Å². The number of rotatable bonds is 6. The molecule has 0 saturated heterocycles. The van der Waals surface area contributed by atoms with E-state index in [1.807, 2.05) is 29.6 Å². The summed E-state index contributed by atoms with van der Waals surface area (Å²) in [5, 5.41) is 9.13. The predicted molar refractivity (Wildman–Crippen MR) is 89.9 cm³/mol. The average molecular weight is 323 g/mol. The van der Waals surface area contributed by atoms with Crippen LogP contribution in [0, 0.1) is 0 Å². The van der Waals surface area contributed by atoms with Crippen LogP contribution in [0.1, 0.15) is 36.8 Å². The van der Waals surface area contributed by atoms with Crippen LogP contribution in [0.5, 0.6) is 0 Å². The lowest BCUT2D eigenvalue weighted by Crippen LogP contribution is -2.20. The molecule has 2 N–H and O–H groups in total. The van der Waals surface area contributed by atoms with Crippen molar-refractivity contribution in [2.24, 2.45) is 0 Å². The van der Waals surface area contributed by atoms with Crippen LogP contribution in [0.2, 0.25) is 5.02 Å². The van der Waals surface area contributed by atoms with Crippen LogP contribution < -0.4 is 10.6 Å². The summed E-state index contributed by atoms with van der Waals surface area (Å²) in [5.41, 5.74) is 2.07. The van der Waals surface area contributed by atoms with Crippen molar-refractivity contribution >= 4 is 34.5 Å². The van der Waals surface area contributed by atoms with E-state index >= 15 is 0 Å². The van der Waals surface area contributed by atoms with Gasteiger partial charge in [0.15, 0.2) is 0 Å². The lowest BCUT2D eigenvalue weighted by atomic mass is 10.0. The van der Waals surface area contributed by atoms with Crippen molar-refractivity contribution in [3.63, 3.8) is 0 Å². The van der Waals surface area contributed by atoms with Gasteiger partial charge in [0, 0.05) is 29.4 Å². The molecule has 0 saturated carbocycles. The quantitative estimate of drug-likeness (QED) is 0.816. The van der Waals surface area contributed by atoms with Gasteiger partial charge in [-0.1, -0.05) is 30.7 Å². The van der Waals surface area contributed by atoms with Gasteiger partial charge in [0.25, 0.3) is 0 Å². The largest absolute Gasteiger partial charge is 0.325 e. The molecule has 112 valence electrons. The molecule has 0 aliphatic carbocycles. The molecule has 1 aromatic heterocycles. The second-order valence-corrected chi connectivity index (χ2v) is 6.27. The van der Waals surface area contributed by atoms with Crippen LogP contribution >= 0.6 is 22.9 Å². The summed E-state index contributed by atoms with van der Waals surface area (Å²) in [4.78, 5) is 12.3. The molecule has 0 radical (unpaired) electrons. The van der Waals surface area contributed by atoms with E-state index in [1.165, 1.54) is 12.5 Å². The normalized spacial score (nSPS) is 12.1. The number of thiophene rings is 1. The zero-order chi connectivity index (χ0) is 15.2. The van der Waals surface area contributed by atoms with Crippen molar-refractivity contribution in [1.29, 1.82) is 0 Å². The molecule has 0 bridgehead atoms. The van der Waals surface area contributed by atoms with Crippen LogP contribution in [-0.4, -0.2) is 5.91 Å². The molecule has 0 aliphatic rings. The molecule has 1 aromatic carbocycles. The number of hydrogen-bond donors (Lipinski definition) is 2. The highest BCUT2D eigenvalue weighted by atomic mass is 35.5. The van der Waals surface area contributed by atoms with Gasteiger partial charge in [-0.05, 0) is 35.6 Å². The summed E-state index contributed by atoms with van der Waals surface area (Å²) in [6, 6.07) is 10.1. The Kier molecular flexibility index (Phi) is 5.79. The molecular weight excluding hydrogens is 304 g/mol. The van der Waals surface area contributed by atoms with E-state index in [1.54, 1.807) is 11.3 Å². The molecule has 1 atom stereocenters. The smallest absolute Gasteiger partial charge is 0.221 e. The Bertz CT molecular complexity index is 612. The Labute approximate surface area is 134 Å². The van der Waals surface area contributed by atoms with Gasteiger partial charge >= 0.3 is 0 Å². The third-order valence-corrected chi connectivity index (χ3v) is 4.38.